The Bertz CT molecular complexity index is 877. The Morgan fingerprint density at radius 2 is 2.00 bits per heavy atom. The van der Waals surface area contributed by atoms with Gasteiger partial charge in [0.1, 0.15) is 0 Å². The summed E-state index contributed by atoms with van der Waals surface area (Å²) < 4.78 is 40.7. The highest BCUT2D eigenvalue weighted by Gasteiger charge is 2.33. The Balaban J connectivity index is 1.90. The lowest BCUT2D eigenvalue weighted by Gasteiger charge is -2.11. The largest absolute Gasteiger partial charge is 0.418 e. The van der Waals surface area contributed by atoms with E-state index in [1.807, 2.05) is 23.6 Å². The van der Waals surface area contributed by atoms with Crippen molar-refractivity contribution < 1.29 is 13.2 Å². The highest BCUT2D eigenvalue weighted by molar-refractivity contribution is 7.15. The second kappa shape index (κ2) is 5.69. The van der Waals surface area contributed by atoms with Crippen molar-refractivity contribution in [3.8, 4) is 0 Å². The highest BCUT2D eigenvalue weighted by atomic mass is 32.1. The van der Waals surface area contributed by atoms with Gasteiger partial charge >= 0.3 is 6.18 Å². The highest BCUT2D eigenvalue weighted by Crippen LogP contribution is 2.34. The maximum atomic E-state index is 12.9. The van der Waals surface area contributed by atoms with E-state index in [1.165, 1.54) is 35.8 Å². The number of rotatable bonds is 3. The summed E-state index contributed by atoms with van der Waals surface area (Å²) in [6, 6.07) is 5.23. The number of thiazole rings is 1. The van der Waals surface area contributed by atoms with E-state index in [2.05, 4.69) is 15.5 Å². The summed E-state index contributed by atoms with van der Waals surface area (Å²) >= 11 is 1.51. The topological polar surface area (TPSA) is 41.7 Å². The lowest BCUT2D eigenvalue weighted by Crippen LogP contribution is -2.08. The first kappa shape index (κ1) is 15.5. The van der Waals surface area contributed by atoms with Crippen LogP contribution in [0.15, 0.2) is 34.7 Å². The van der Waals surface area contributed by atoms with Crippen LogP contribution in [0.4, 0.5) is 18.9 Å². The third-order valence-corrected chi connectivity index (χ3v) is 4.30. The number of benzene rings is 1. The average Bonchev–Trinajstić information content (AvgIpc) is 2.99. The fraction of sp³-hybridized carbons (Fsp3) is 0.200. The van der Waals surface area contributed by atoms with Gasteiger partial charge in [-0.15, -0.1) is 11.3 Å². The van der Waals surface area contributed by atoms with Crippen LogP contribution in [0.5, 0.6) is 0 Å². The number of para-hydroxylation sites is 1. The van der Waals surface area contributed by atoms with E-state index in [9.17, 15) is 13.2 Å². The molecule has 3 rings (SSSR count). The van der Waals surface area contributed by atoms with E-state index in [0.717, 1.165) is 28.1 Å². The predicted octanol–water partition coefficient (Wildman–Crippen LogP) is 4.48. The Morgan fingerprint density at radius 3 is 2.74 bits per heavy atom. The van der Waals surface area contributed by atoms with Gasteiger partial charge in [0.2, 0.25) is 0 Å². The number of aryl methyl sites for hydroxylation is 2. The smallest absolute Gasteiger partial charge is 0.286 e. The van der Waals surface area contributed by atoms with Crippen LogP contribution in [-0.2, 0) is 6.18 Å². The summed E-state index contributed by atoms with van der Waals surface area (Å²) in [4.78, 5) is 5.23. The molecular weight excluding hydrogens is 325 g/mol. The van der Waals surface area contributed by atoms with Gasteiger partial charge in [-0.1, -0.05) is 12.1 Å². The first-order valence-electron chi connectivity index (χ1n) is 6.76. The molecule has 1 aromatic carbocycles. The normalized spacial score (nSPS) is 12.4. The van der Waals surface area contributed by atoms with Crippen LogP contribution in [0, 0.1) is 13.8 Å². The maximum absolute atomic E-state index is 12.9. The van der Waals surface area contributed by atoms with Gasteiger partial charge < -0.3 is 0 Å². The summed E-state index contributed by atoms with van der Waals surface area (Å²) in [6.07, 6.45) is -2.94. The van der Waals surface area contributed by atoms with Gasteiger partial charge in [-0.25, -0.2) is 4.98 Å². The first-order valence-corrected chi connectivity index (χ1v) is 7.64. The molecule has 0 atom stereocenters. The van der Waals surface area contributed by atoms with Crippen molar-refractivity contribution in [1.82, 2.24) is 9.38 Å². The minimum Gasteiger partial charge on any atom is -0.286 e. The van der Waals surface area contributed by atoms with Crippen molar-refractivity contribution in [3.63, 3.8) is 0 Å². The molecule has 23 heavy (non-hydrogen) atoms. The van der Waals surface area contributed by atoms with E-state index in [4.69, 9.17) is 0 Å². The zero-order valence-corrected chi connectivity index (χ0v) is 13.2. The van der Waals surface area contributed by atoms with Gasteiger partial charge in [0, 0.05) is 11.1 Å². The van der Waals surface area contributed by atoms with Crippen LogP contribution in [0.2, 0.25) is 0 Å². The van der Waals surface area contributed by atoms with Crippen molar-refractivity contribution in [1.29, 1.82) is 0 Å². The number of aromatic nitrogens is 2. The fourth-order valence-corrected chi connectivity index (χ4v) is 3.19. The number of hydrogen-bond donors (Lipinski definition) is 1. The molecule has 2 heterocycles. The second-order valence-electron chi connectivity index (χ2n) is 4.99. The van der Waals surface area contributed by atoms with Gasteiger partial charge in [0.05, 0.1) is 28.9 Å². The third-order valence-electron chi connectivity index (χ3n) is 3.36. The van der Waals surface area contributed by atoms with Crippen LogP contribution in [0.1, 0.15) is 22.6 Å². The molecule has 4 nitrogen and oxygen atoms in total. The molecule has 0 fully saturated rings. The average molecular weight is 338 g/mol. The zero-order valence-electron chi connectivity index (χ0n) is 12.3. The molecule has 0 aliphatic heterocycles. The molecule has 0 radical (unpaired) electrons. The number of alkyl halides is 3. The van der Waals surface area contributed by atoms with Crippen LogP contribution in [-0.4, -0.2) is 15.6 Å². The predicted molar refractivity (Wildman–Crippen MR) is 85.2 cm³/mol. The summed E-state index contributed by atoms with van der Waals surface area (Å²) in [5, 5.41) is 5.92. The van der Waals surface area contributed by atoms with Gasteiger partial charge in [-0.3, -0.25) is 9.83 Å². The molecule has 2 aromatic heterocycles. The molecule has 0 amide bonds. The summed E-state index contributed by atoms with van der Waals surface area (Å²) in [5.74, 6) is 0. The molecule has 0 saturated heterocycles. The fourth-order valence-electron chi connectivity index (χ4n) is 2.27. The monoisotopic (exact) mass is 338 g/mol. The Hall–Kier alpha value is -2.35. The molecule has 1 N–H and O–H groups in total. The van der Waals surface area contributed by atoms with Crippen LogP contribution in [0.25, 0.3) is 4.96 Å². The van der Waals surface area contributed by atoms with E-state index in [-0.39, 0.29) is 5.69 Å². The van der Waals surface area contributed by atoms with E-state index in [0.29, 0.717) is 0 Å². The lowest BCUT2D eigenvalue weighted by molar-refractivity contribution is -0.136. The minimum absolute atomic E-state index is 0.0864. The Morgan fingerprint density at radius 1 is 1.26 bits per heavy atom. The molecule has 0 bridgehead atoms. The second-order valence-corrected chi connectivity index (χ2v) is 5.83. The molecule has 0 aliphatic carbocycles. The molecule has 8 heteroatoms. The number of anilines is 1. The van der Waals surface area contributed by atoms with Crippen molar-refractivity contribution in [2.24, 2.45) is 5.10 Å². The number of hydrazone groups is 1. The SMILES string of the molecule is Cc1nc2scc(C)n2c1/C=N\Nc1ccccc1C(F)(F)F. The van der Waals surface area contributed by atoms with Gasteiger partial charge in [-0.05, 0) is 26.0 Å². The summed E-state index contributed by atoms with van der Waals surface area (Å²) in [5.41, 5.74) is 4.16. The molecule has 3 aromatic rings. The summed E-state index contributed by atoms with van der Waals surface area (Å²) in [7, 11) is 0. The molecule has 0 aliphatic rings. The van der Waals surface area contributed by atoms with Gasteiger partial charge in [0.25, 0.3) is 0 Å². The number of nitrogens with one attached hydrogen (secondary N) is 1. The quantitative estimate of drug-likeness (QED) is 0.565. The van der Waals surface area contributed by atoms with Gasteiger partial charge in [0.15, 0.2) is 4.96 Å². The first-order chi connectivity index (χ1) is 10.9. The van der Waals surface area contributed by atoms with Gasteiger partial charge in [-0.2, -0.15) is 18.3 Å². The van der Waals surface area contributed by atoms with Crippen molar-refractivity contribution >= 4 is 28.2 Å². The number of fused-ring (bicyclic) bond motifs is 1. The number of hydrogen-bond acceptors (Lipinski definition) is 4. The molecule has 0 spiro atoms. The maximum Gasteiger partial charge on any atom is 0.418 e. The summed E-state index contributed by atoms with van der Waals surface area (Å²) in [6.45, 7) is 3.78. The van der Waals surface area contributed by atoms with Crippen molar-refractivity contribution in [3.05, 3.63) is 52.3 Å². The molecule has 0 saturated carbocycles. The van der Waals surface area contributed by atoms with E-state index < -0.39 is 11.7 Å². The van der Waals surface area contributed by atoms with Crippen molar-refractivity contribution in [2.75, 3.05) is 5.43 Å². The number of nitrogens with zero attached hydrogens (tertiary/aromatic N) is 3. The lowest BCUT2D eigenvalue weighted by atomic mass is 10.2. The molecule has 120 valence electrons. The Labute approximate surface area is 134 Å². The molecule has 0 unspecified atom stereocenters. The Kier molecular flexibility index (Phi) is 3.85. The standard InChI is InChI=1S/C15H13F3N4S/c1-9-8-23-14-20-10(2)13(22(9)14)7-19-21-12-6-4-3-5-11(12)15(16,17)18/h3-8,21H,1-2H3/b19-7-. The van der Waals surface area contributed by atoms with Crippen LogP contribution < -0.4 is 5.43 Å². The number of imidazole rings is 1. The minimum atomic E-state index is -4.43. The zero-order chi connectivity index (χ0) is 16.6. The van der Waals surface area contributed by atoms with Crippen LogP contribution in [0.3, 0.4) is 0 Å². The van der Waals surface area contributed by atoms with Crippen molar-refractivity contribution in [2.45, 2.75) is 20.0 Å². The van der Waals surface area contributed by atoms with E-state index in [1.54, 1.807) is 0 Å². The van der Waals surface area contributed by atoms with E-state index >= 15 is 0 Å². The number of halogens is 3. The third kappa shape index (κ3) is 2.94. The van der Waals surface area contributed by atoms with Crippen LogP contribution >= 0.6 is 11.3 Å². The molecular formula is C15H13F3N4S.